The van der Waals surface area contributed by atoms with Gasteiger partial charge < -0.3 is 5.11 Å². The van der Waals surface area contributed by atoms with Crippen LogP contribution in [0.15, 0.2) is 17.2 Å². The van der Waals surface area contributed by atoms with E-state index in [1.807, 2.05) is 6.07 Å². The molecule has 20 heavy (non-hydrogen) atoms. The number of carbonyl (C=O) groups is 1. The molecular weight excluding hydrogens is 282 g/mol. The summed E-state index contributed by atoms with van der Waals surface area (Å²) in [5.74, 6) is -1.68. The normalized spacial score (nSPS) is 12.9. The van der Waals surface area contributed by atoms with E-state index < -0.39 is 28.0 Å². The molecule has 2 N–H and O–H groups in total. The fourth-order valence-corrected chi connectivity index (χ4v) is 2.79. The molecule has 0 saturated heterocycles. The molecular formula is C12H15N3O4S. The van der Waals surface area contributed by atoms with Crippen molar-refractivity contribution in [2.45, 2.75) is 31.7 Å². The van der Waals surface area contributed by atoms with Gasteiger partial charge in [0.2, 0.25) is 10.0 Å². The summed E-state index contributed by atoms with van der Waals surface area (Å²) < 4.78 is 26.3. The number of nitriles is 1. The lowest BCUT2D eigenvalue weighted by Gasteiger charge is -2.18. The van der Waals surface area contributed by atoms with Crippen molar-refractivity contribution in [2.75, 3.05) is 0 Å². The number of aliphatic carboxylic acids is 1. The largest absolute Gasteiger partial charge is 0.480 e. The third kappa shape index (κ3) is 3.53. The minimum Gasteiger partial charge on any atom is -0.480 e. The first-order chi connectivity index (χ1) is 9.19. The molecule has 0 aliphatic rings. The van der Waals surface area contributed by atoms with E-state index in [1.54, 1.807) is 20.8 Å². The van der Waals surface area contributed by atoms with Gasteiger partial charge in [-0.3, -0.25) is 9.78 Å². The summed E-state index contributed by atoms with van der Waals surface area (Å²) in [4.78, 5) is 14.6. The van der Waals surface area contributed by atoms with Crippen LogP contribution in [0.4, 0.5) is 0 Å². The van der Waals surface area contributed by atoms with E-state index >= 15 is 0 Å². The molecule has 8 heteroatoms. The third-order valence-corrected chi connectivity index (χ3v) is 4.12. The van der Waals surface area contributed by atoms with Gasteiger partial charge in [-0.25, -0.2) is 8.42 Å². The minimum atomic E-state index is -4.04. The van der Waals surface area contributed by atoms with Crippen LogP contribution in [0.3, 0.4) is 0 Å². The van der Waals surface area contributed by atoms with Gasteiger partial charge in [0.05, 0.1) is 11.3 Å². The molecule has 1 heterocycles. The number of nitrogens with one attached hydrogen (secondary N) is 1. The quantitative estimate of drug-likeness (QED) is 0.823. The predicted octanol–water partition coefficient (Wildman–Crippen LogP) is 0.649. The molecule has 0 bridgehead atoms. The van der Waals surface area contributed by atoms with Crippen molar-refractivity contribution >= 4 is 16.0 Å². The lowest BCUT2D eigenvalue weighted by atomic mass is 10.1. The van der Waals surface area contributed by atoms with Gasteiger partial charge in [0.25, 0.3) is 0 Å². The molecule has 0 fully saturated rings. The average molecular weight is 297 g/mol. The first kappa shape index (κ1) is 16.1. The smallest absolute Gasteiger partial charge is 0.322 e. The van der Waals surface area contributed by atoms with Crippen molar-refractivity contribution < 1.29 is 18.3 Å². The minimum absolute atomic E-state index is 0.129. The summed E-state index contributed by atoms with van der Waals surface area (Å²) in [7, 11) is -4.04. The van der Waals surface area contributed by atoms with Crippen LogP contribution in [0, 0.1) is 24.2 Å². The molecule has 1 atom stereocenters. The van der Waals surface area contributed by atoms with Gasteiger partial charge in [0.15, 0.2) is 0 Å². The Balaban J connectivity index is 3.18. The fourth-order valence-electron chi connectivity index (χ4n) is 1.48. The Bertz CT molecular complexity index is 662. The number of rotatable bonds is 5. The van der Waals surface area contributed by atoms with Gasteiger partial charge in [-0.1, -0.05) is 13.8 Å². The van der Waals surface area contributed by atoms with Crippen LogP contribution in [0.5, 0.6) is 0 Å². The molecule has 0 aliphatic carbocycles. The zero-order valence-corrected chi connectivity index (χ0v) is 12.1. The third-order valence-electron chi connectivity index (χ3n) is 2.71. The van der Waals surface area contributed by atoms with Crippen LogP contribution in [-0.4, -0.2) is 30.5 Å². The Kier molecular flexibility index (Phi) is 4.81. The Hall–Kier alpha value is -1.98. The van der Waals surface area contributed by atoms with Gasteiger partial charge in [-0.2, -0.15) is 9.98 Å². The van der Waals surface area contributed by atoms with Crippen molar-refractivity contribution in [3.63, 3.8) is 0 Å². The maximum Gasteiger partial charge on any atom is 0.322 e. The summed E-state index contributed by atoms with van der Waals surface area (Å²) in [6, 6.07) is 1.76. The topological polar surface area (TPSA) is 120 Å². The summed E-state index contributed by atoms with van der Waals surface area (Å²) in [5, 5.41) is 17.9. The van der Waals surface area contributed by atoms with Gasteiger partial charge in [-0.05, 0) is 18.9 Å². The van der Waals surface area contributed by atoms with Crippen molar-refractivity contribution in [1.29, 1.82) is 5.26 Å². The number of hydrogen-bond donors (Lipinski definition) is 2. The van der Waals surface area contributed by atoms with E-state index in [9.17, 15) is 13.2 Å². The van der Waals surface area contributed by atoms with Crippen LogP contribution in [0.25, 0.3) is 0 Å². The van der Waals surface area contributed by atoms with E-state index in [1.165, 1.54) is 6.07 Å². The highest BCUT2D eigenvalue weighted by atomic mass is 32.2. The van der Waals surface area contributed by atoms with Crippen LogP contribution >= 0.6 is 0 Å². The number of carboxylic acid groups (broad SMARTS) is 1. The summed E-state index contributed by atoms with van der Waals surface area (Å²) in [6.45, 7) is 4.77. The molecule has 1 aromatic rings. The fraction of sp³-hybridized carbons (Fsp3) is 0.417. The second-order valence-electron chi connectivity index (χ2n) is 4.60. The molecule has 0 unspecified atom stereocenters. The zero-order chi connectivity index (χ0) is 15.5. The SMILES string of the molecule is Cc1ncc(S(=O)(=O)N[C@H](C(=O)O)C(C)C)cc1C#N. The van der Waals surface area contributed by atoms with Gasteiger partial charge >= 0.3 is 5.97 Å². The number of nitrogens with zero attached hydrogens (tertiary/aromatic N) is 2. The molecule has 1 aromatic heterocycles. The Morgan fingerprint density at radius 3 is 2.55 bits per heavy atom. The Morgan fingerprint density at radius 2 is 2.10 bits per heavy atom. The second kappa shape index (κ2) is 5.98. The monoisotopic (exact) mass is 297 g/mol. The van der Waals surface area contributed by atoms with Crippen molar-refractivity contribution in [3.8, 4) is 6.07 Å². The highest BCUT2D eigenvalue weighted by Crippen LogP contribution is 2.14. The average Bonchev–Trinajstić information content (AvgIpc) is 2.35. The lowest BCUT2D eigenvalue weighted by molar-refractivity contribution is -0.140. The first-order valence-electron chi connectivity index (χ1n) is 5.81. The molecule has 0 saturated carbocycles. The Labute approximate surface area is 117 Å². The summed E-state index contributed by atoms with van der Waals surface area (Å²) in [6.07, 6.45) is 1.09. The number of pyridine rings is 1. The van der Waals surface area contributed by atoms with Crippen LogP contribution in [0.2, 0.25) is 0 Å². The number of carboxylic acids is 1. The van der Waals surface area contributed by atoms with Crippen molar-refractivity contribution in [2.24, 2.45) is 5.92 Å². The molecule has 0 spiro atoms. The standard InChI is InChI=1S/C12H15N3O4S/c1-7(2)11(12(16)17)15-20(18,19)10-4-9(5-13)8(3)14-6-10/h4,6-7,11,15H,1-3H3,(H,16,17)/t11-/m0/s1. The van der Waals surface area contributed by atoms with E-state index in [-0.39, 0.29) is 10.5 Å². The number of hydrogen-bond acceptors (Lipinski definition) is 5. The van der Waals surface area contributed by atoms with Crippen molar-refractivity contribution in [1.82, 2.24) is 9.71 Å². The van der Waals surface area contributed by atoms with Crippen LogP contribution < -0.4 is 4.72 Å². The first-order valence-corrected chi connectivity index (χ1v) is 7.29. The molecule has 1 rings (SSSR count). The van der Waals surface area contributed by atoms with E-state index in [0.717, 1.165) is 6.20 Å². The second-order valence-corrected chi connectivity index (χ2v) is 6.31. The van der Waals surface area contributed by atoms with Crippen molar-refractivity contribution in [3.05, 3.63) is 23.5 Å². The summed E-state index contributed by atoms with van der Waals surface area (Å²) in [5.41, 5.74) is 0.536. The molecule has 7 nitrogen and oxygen atoms in total. The zero-order valence-electron chi connectivity index (χ0n) is 11.3. The number of sulfonamides is 1. The maximum atomic E-state index is 12.1. The lowest BCUT2D eigenvalue weighted by Crippen LogP contribution is -2.44. The predicted molar refractivity (Wildman–Crippen MR) is 70.3 cm³/mol. The highest BCUT2D eigenvalue weighted by Gasteiger charge is 2.28. The molecule has 0 aromatic carbocycles. The van der Waals surface area contributed by atoms with Crippen LogP contribution in [-0.2, 0) is 14.8 Å². The van der Waals surface area contributed by atoms with Gasteiger partial charge in [0, 0.05) is 6.20 Å². The molecule has 0 radical (unpaired) electrons. The molecule has 0 amide bonds. The molecule has 108 valence electrons. The Morgan fingerprint density at radius 1 is 1.50 bits per heavy atom. The summed E-state index contributed by atoms with van der Waals surface area (Å²) >= 11 is 0. The number of aryl methyl sites for hydroxylation is 1. The highest BCUT2D eigenvalue weighted by molar-refractivity contribution is 7.89. The number of aromatic nitrogens is 1. The molecule has 0 aliphatic heterocycles. The van der Waals surface area contributed by atoms with Gasteiger partial charge in [0.1, 0.15) is 17.0 Å². The van der Waals surface area contributed by atoms with E-state index in [2.05, 4.69) is 9.71 Å². The van der Waals surface area contributed by atoms with E-state index in [4.69, 9.17) is 10.4 Å². The van der Waals surface area contributed by atoms with E-state index in [0.29, 0.717) is 5.69 Å². The van der Waals surface area contributed by atoms with Gasteiger partial charge in [-0.15, -0.1) is 0 Å². The van der Waals surface area contributed by atoms with Crippen LogP contribution in [0.1, 0.15) is 25.1 Å². The maximum absolute atomic E-state index is 12.1.